The summed E-state index contributed by atoms with van der Waals surface area (Å²) in [5, 5.41) is 2.95. The van der Waals surface area contributed by atoms with Crippen molar-refractivity contribution in [2.24, 2.45) is 0 Å². The first-order valence-electron chi connectivity index (χ1n) is 9.82. The van der Waals surface area contributed by atoms with Crippen LogP contribution < -0.4 is 5.32 Å². The number of hydrogen-bond acceptors (Lipinski definition) is 3. The van der Waals surface area contributed by atoms with E-state index in [-0.39, 0.29) is 11.8 Å². The zero-order valence-electron chi connectivity index (χ0n) is 17.0. The van der Waals surface area contributed by atoms with Gasteiger partial charge in [0, 0.05) is 18.0 Å². The van der Waals surface area contributed by atoms with Crippen LogP contribution in [0.2, 0.25) is 0 Å². The zero-order chi connectivity index (χ0) is 20.4. The number of unbranched alkanes of at least 4 members (excludes halogenated alkanes) is 1. The van der Waals surface area contributed by atoms with Crippen LogP contribution >= 0.6 is 11.8 Å². The molecular formula is C23H30N2O2S. The summed E-state index contributed by atoms with van der Waals surface area (Å²) in [6, 6.07) is 17.3. The Balaban J connectivity index is 2.11. The Labute approximate surface area is 172 Å². The van der Waals surface area contributed by atoms with Crippen LogP contribution in [0, 0.1) is 6.92 Å². The summed E-state index contributed by atoms with van der Waals surface area (Å²) in [7, 11) is 0. The molecule has 0 fully saturated rings. The van der Waals surface area contributed by atoms with Crippen LogP contribution in [-0.4, -0.2) is 35.1 Å². The molecule has 0 unspecified atom stereocenters. The second-order valence-electron chi connectivity index (χ2n) is 6.87. The number of carbonyl (C=O) groups is 2. The highest BCUT2D eigenvalue weighted by atomic mass is 32.2. The second-order valence-corrected chi connectivity index (χ2v) is 7.92. The summed E-state index contributed by atoms with van der Waals surface area (Å²) in [5.74, 6) is 0.179. The SMILES string of the molecule is CCCCNC(=O)[C@@H](C)N(Cc1ccccc1C)C(=O)CSc1ccccc1. The summed E-state index contributed by atoms with van der Waals surface area (Å²) in [6.45, 7) is 7.01. The van der Waals surface area contributed by atoms with Gasteiger partial charge in [0.2, 0.25) is 11.8 Å². The van der Waals surface area contributed by atoms with Gasteiger partial charge < -0.3 is 10.2 Å². The van der Waals surface area contributed by atoms with Crippen LogP contribution in [0.1, 0.15) is 37.8 Å². The lowest BCUT2D eigenvalue weighted by atomic mass is 10.1. The van der Waals surface area contributed by atoms with Crippen molar-refractivity contribution in [2.75, 3.05) is 12.3 Å². The van der Waals surface area contributed by atoms with Crippen molar-refractivity contribution in [1.82, 2.24) is 10.2 Å². The summed E-state index contributed by atoms with van der Waals surface area (Å²) >= 11 is 1.50. The Morgan fingerprint density at radius 3 is 2.43 bits per heavy atom. The molecule has 2 aromatic carbocycles. The predicted octanol–water partition coefficient (Wildman–Crippen LogP) is 4.42. The molecule has 0 saturated carbocycles. The molecule has 2 amide bonds. The van der Waals surface area contributed by atoms with E-state index in [0.29, 0.717) is 18.8 Å². The molecule has 0 aliphatic heterocycles. The molecule has 0 aliphatic carbocycles. The Morgan fingerprint density at radius 1 is 1.07 bits per heavy atom. The Hall–Kier alpha value is -2.27. The molecular weight excluding hydrogens is 368 g/mol. The van der Waals surface area contributed by atoms with E-state index in [1.54, 1.807) is 4.90 Å². The van der Waals surface area contributed by atoms with Gasteiger partial charge in [0.15, 0.2) is 0 Å². The fourth-order valence-electron chi connectivity index (χ4n) is 2.83. The van der Waals surface area contributed by atoms with Crippen LogP contribution in [0.3, 0.4) is 0 Å². The average molecular weight is 399 g/mol. The number of thioether (sulfide) groups is 1. The molecule has 4 nitrogen and oxygen atoms in total. The van der Waals surface area contributed by atoms with Crippen molar-refractivity contribution in [2.45, 2.75) is 51.1 Å². The van der Waals surface area contributed by atoms with E-state index in [0.717, 1.165) is 28.9 Å². The molecule has 0 bridgehead atoms. The summed E-state index contributed by atoms with van der Waals surface area (Å²) in [4.78, 5) is 28.4. The van der Waals surface area contributed by atoms with Gasteiger partial charge in [-0.25, -0.2) is 0 Å². The van der Waals surface area contributed by atoms with Gasteiger partial charge in [0.05, 0.1) is 5.75 Å². The molecule has 28 heavy (non-hydrogen) atoms. The number of benzene rings is 2. The first kappa shape index (κ1) is 22.0. The van der Waals surface area contributed by atoms with E-state index in [4.69, 9.17) is 0 Å². The summed E-state index contributed by atoms with van der Waals surface area (Å²) < 4.78 is 0. The number of carbonyl (C=O) groups excluding carboxylic acids is 2. The molecule has 0 heterocycles. The van der Waals surface area contributed by atoms with Crippen LogP contribution in [0.4, 0.5) is 0 Å². The van der Waals surface area contributed by atoms with Crippen LogP contribution in [0.25, 0.3) is 0 Å². The number of amides is 2. The average Bonchev–Trinajstić information content (AvgIpc) is 2.71. The van der Waals surface area contributed by atoms with Gasteiger partial charge in [0.25, 0.3) is 0 Å². The van der Waals surface area contributed by atoms with Crippen LogP contribution in [0.15, 0.2) is 59.5 Å². The topological polar surface area (TPSA) is 49.4 Å². The van der Waals surface area contributed by atoms with Crippen molar-refractivity contribution >= 4 is 23.6 Å². The maximum atomic E-state index is 13.0. The van der Waals surface area contributed by atoms with Crippen LogP contribution in [-0.2, 0) is 16.1 Å². The van der Waals surface area contributed by atoms with Gasteiger partial charge in [-0.2, -0.15) is 0 Å². The highest BCUT2D eigenvalue weighted by Gasteiger charge is 2.26. The number of hydrogen-bond donors (Lipinski definition) is 1. The van der Waals surface area contributed by atoms with Gasteiger partial charge >= 0.3 is 0 Å². The van der Waals surface area contributed by atoms with Gasteiger partial charge in [-0.1, -0.05) is 55.8 Å². The number of rotatable bonds is 10. The second kappa shape index (κ2) is 11.5. The lowest BCUT2D eigenvalue weighted by molar-refractivity contribution is -0.138. The van der Waals surface area contributed by atoms with E-state index in [9.17, 15) is 9.59 Å². The third-order valence-corrected chi connectivity index (χ3v) is 5.70. The van der Waals surface area contributed by atoms with Crippen LogP contribution in [0.5, 0.6) is 0 Å². The van der Waals surface area contributed by atoms with E-state index >= 15 is 0 Å². The van der Waals surface area contributed by atoms with Crippen molar-refractivity contribution in [3.8, 4) is 0 Å². The van der Waals surface area contributed by atoms with Crippen molar-refractivity contribution in [3.63, 3.8) is 0 Å². The van der Waals surface area contributed by atoms with Crippen molar-refractivity contribution in [1.29, 1.82) is 0 Å². The molecule has 0 saturated heterocycles. The maximum Gasteiger partial charge on any atom is 0.242 e. The first-order chi connectivity index (χ1) is 13.5. The van der Waals surface area contributed by atoms with Gasteiger partial charge in [0.1, 0.15) is 6.04 Å². The summed E-state index contributed by atoms with van der Waals surface area (Å²) in [5.41, 5.74) is 2.18. The Morgan fingerprint density at radius 2 is 1.75 bits per heavy atom. The van der Waals surface area contributed by atoms with Crippen molar-refractivity contribution < 1.29 is 9.59 Å². The monoisotopic (exact) mass is 398 g/mol. The lowest BCUT2D eigenvalue weighted by Crippen LogP contribution is -2.48. The molecule has 1 N–H and O–H groups in total. The number of nitrogens with zero attached hydrogens (tertiary/aromatic N) is 1. The van der Waals surface area contributed by atoms with Crippen molar-refractivity contribution in [3.05, 3.63) is 65.7 Å². The lowest BCUT2D eigenvalue weighted by Gasteiger charge is -2.29. The molecule has 0 aromatic heterocycles. The van der Waals surface area contributed by atoms with E-state index < -0.39 is 6.04 Å². The normalized spacial score (nSPS) is 11.7. The first-order valence-corrected chi connectivity index (χ1v) is 10.8. The molecule has 2 rings (SSSR count). The quantitative estimate of drug-likeness (QED) is 0.476. The third kappa shape index (κ3) is 6.71. The molecule has 5 heteroatoms. The largest absolute Gasteiger partial charge is 0.354 e. The molecule has 0 spiro atoms. The molecule has 150 valence electrons. The minimum absolute atomic E-state index is 0.0322. The van der Waals surface area contributed by atoms with E-state index in [1.807, 2.05) is 68.4 Å². The van der Waals surface area contributed by atoms with E-state index in [2.05, 4.69) is 12.2 Å². The number of nitrogens with one attached hydrogen (secondary N) is 1. The highest BCUT2D eigenvalue weighted by Crippen LogP contribution is 2.20. The third-order valence-electron chi connectivity index (χ3n) is 4.70. The molecule has 0 aliphatic rings. The fourth-order valence-corrected chi connectivity index (χ4v) is 3.64. The highest BCUT2D eigenvalue weighted by molar-refractivity contribution is 8.00. The molecule has 2 aromatic rings. The number of aryl methyl sites for hydroxylation is 1. The zero-order valence-corrected chi connectivity index (χ0v) is 17.8. The minimum atomic E-state index is -0.514. The van der Waals surface area contributed by atoms with Gasteiger partial charge in [-0.3, -0.25) is 9.59 Å². The summed E-state index contributed by atoms with van der Waals surface area (Å²) in [6.07, 6.45) is 1.96. The van der Waals surface area contributed by atoms with Gasteiger partial charge in [-0.15, -0.1) is 11.8 Å². The predicted molar refractivity (Wildman–Crippen MR) is 116 cm³/mol. The standard InChI is InChI=1S/C23H30N2O2S/c1-4-5-15-24-23(27)19(3)25(16-20-12-10-9-11-18(20)2)22(26)17-28-21-13-7-6-8-14-21/h6-14,19H,4-5,15-17H2,1-3H3,(H,24,27)/t19-/m1/s1. The van der Waals surface area contributed by atoms with E-state index in [1.165, 1.54) is 11.8 Å². The minimum Gasteiger partial charge on any atom is -0.354 e. The maximum absolute atomic E-state index is 13.0. The Kier molecular flexibility index (Phi) is 9.08. The van der Waals surface area contributed by atoms with Gasteiger partial charge in [-0.05, 0) is 43.5 Å². The Bertz CT molecular complexity index is 764. The molecule has 0 radical (unpaired) electrons. The smallest absolute Gasteiger partial charge is 0.242 e. The molecule has 1 atom stereocenters. The fraction of sp³-hybridized carbons (Fsp3) is 0.391.